The number of nitrogens with zero attached hydrogens (tertiary/aromatic N) is 1. The summed E-state index contributed by atoms with van der Waals surface area (Å²) in [7, 11) is 0. The van der Waals surface area contributed by atoms with Crippen LogP contribution in [0.1, 0.15) is 46.0 Å². The fourth-order valence-corrected chi connectivity index (χ4v) is 2.36. The van der Waals surface area contributed by atoms with Crippen LogP contribution < -0.4 is 5.73 Å². The number of rotatable bonds is 5. The monoisotopic (exact) mass is 184 g/mol. The smallest absolute Gasteiger partial charge is 0.0167 e. The van der Waals surface area contributed by atoms with Crippen LogP contribution in [0.2, 0.25) is 0 Å². The van der Waals surface area contributed by atoms with Gasteiger partial charge in [-0.05, 0) is 32.2 Å². The van der Waals surface area contributed by atoms with Crippen LogP contribution in [0.15, 0.2) is 0 Å². The lowest BCUT2D eigenvalue weighted by Gasteiger charge is -2.26. The Hall–Kier alpha value is -0.0800. The molecule has 1 aliphatic heterocycles. The Morgan fingerprint density at radius 1 is 1.46 bits per heavy atom. The number of hydrogen-bond acceptors (Lipinski definition) is 2. The van der Waals surface area contributed by atoms with Crippen molar-refractivity contribution in [2.24, 2.45) is 5.73 Å². The van der Waals surface area contributed by atoms with Crippen molar-refractivity contribution in [1.29, 1.82) is 0 Å². The van der Waals surface area contributed by atoms with Gasteiger partial charge in [0, 0.05) is 18.6 Å². The fourth-order valence-electron chi connectivity index (χ4n) is 2.36. The van der Waals surface area contributed by atoms with Crippen LogP contribution in [-0.2, 0) is 0 Å². The van der Waals surface area contributed by atoms with Crippen LogP contribution in [0.4, 0.5) is 0 Å². The lowest BCUT2D eigenvalue weighted by molar-refractivity contribution is 0.229. The van der Waals surface area contributed by atoms with Gasteiger partial charge in [-0.25, -0.2) is 0 Å². The van der Waals surface area contributed by atoms with Gasteiger partial charge in [0.15, 0.2) is 0 Å². The minimum atomic E-state index is 0.400. The molecule has 1 fully saturated rings. The van der Waals surface area contributed by atoms with E-state index in [1.165, 1.54) is 38.6 Å². The number of nitrogens with two attached hydrogens (primary N) is 1. The van der Waals surface area contributed by atoms with E-state index in [1.54, 1.807) is 0 Å². The van der Waals surface area contributed by atoms with Gasteiger partial charge in [0.25, 0.3) is 0 Å². The SMILES string of the molecule is CCCC(N)CN1CCCC1CC. The molecule has 1 aliphatic rings. The second-order valence-corrected chi connectivity index (χ2v) is 4.25. The molecule has 2 unspecified atom stereocenters. The van der Waals surface area contributed by atoms with Gasteiger partial charge in [-0.3, -0.25) is 4.90 Å². The zero-order valence-corrected chi connectivity index (χ0v) is 9.13. The molecule has 1 saturated heterocycles. The van der Waals surface area contributed by atoms with Crippen molar-refractivity contribution in [1.82, 2.24) is 4.90 Å². The summed E-state index contributed by atoms with van der Waals surface area (Å²) < 4.78 is 0. The standard InChI is InChI=1S/C11H24N2/c1-3-6-10(12)9-13-8-5-7-11(13)4-2/h10-11H,3-9,12H2,1-2H3. The molecule has 2 nitrogen and oxygen atoms in total. The fraction of sp³-hybridized carbons (Fsp3) is 1.00. The van der Waals surface area contributed by atoms with Gasteiger partial charge < -0.3 is 5.73 Å². The highest BCUT2D eigenvalue weighted by Gasteiger charge is 2.23. The van der Waals surface area contributed by atoms with E-state index in [0.29, 0.717) is 6.04 Å². The summed E-state index contributed by atoms with van der Waals surface area (Å²) in [5.41, 5.74) is 6.04. The first-order chi connectivity index (χ1) is 6.27. The molecule has 13 heavy (non-hydrogen) atoms. The van der Waals surface area contributed by atoms with Crippen LogP contribution in [0.3, 0.4) is 0 Å². The Bertz CT molecular complexity index is 136. The maximum atomic E-state index is 6.04. The molecule has 2 heteroatoms. The molecular weight excluding hydrogens is 160 g/mol. The molecule has 0 aromatic rings. The van der Waals surface area contributed by atoms with Gasteiger partial charge >= 0.3 is 0 Å². The summed E-state index contributed by atoms with van der Waals surface area (Å²) in [6, 6.07) is 1.22. The van der Waals surface area contributed by atoms with Gasteiger partial charge in [0.05, 0.1) is 0 Å². The summed E-state index contributed by atoms with van der Waals surface area (Å²) in [4.78, 5) is 2.58. The summed E-state index contributed by atoms with van der Waals surface area (Å²) in [6.45, 7) is 6.89. The molecule has 0 spiro atoms. The second-order valence-electron chi connectivity index (χ2n) is 4.25. The largest absolute Gasteiger partial charge is 0.327 e. The first kappa shape index (κ1) is 11.0. The van der Waals surface area contributed by atoms with Crippen molar-refractivity contribution in [3.63, 3.8) is 0 Å². The minimum Gasteiger partial charge on any atom is -0.327 e. The Labute approximate surface area is 82.5 Å². The van der Waals surface area contributed by atoms with E-state index in [-0.39, 0.29) is 0 Å². The minimum absolute atomic E-state index is 0.400. The Balaban J connectivity index is 2.26. The Kier molecular flexibility index (Phi) is 4.74. The topological polar surface area (TPSA) is 29.3 Å². The first-order valence-electron chi connectivity index (χ1n) is 5.77. The van der Waals surface area contributed by atoms with Gasteiger partial charge in [-0.15, -0.1) is 0 Å². The summed E-state index contributed by atoms with van der Waals surface area (Å²) in [5, 5.41) is 0. The highest BCUT2D eigenvalue weighted by molar-refractivity contribution is 4.80. The molecule has 0 aromatic heterocycles. The Morgan fingerprint density at radius 2 is 2.23 bits per heavy atom. The predicted molar refractivity (Wildman–Crippen MR) is 57.8 cm³/mol. The first-order valence-corrected chi connectivity index (χ1v) is 5.77. The molecule has 0 amide bonds. The summed E-state index contributed by atoms with van der Waals surface area (Å²) in [6.07, 6.45) is 6.43. The maximum Gasteiger partial charge on any atom is 0.0167 e. The highest BCUT2D eigenvalue weighted by Crippen LogP contribution is 2.19. The third kappa shape index (κ3) is 3.28. The van der Waals surface area contributed by atoms with E-state index in [1.807, 2.05) is 0 Å². The van der Waals surface area contributed by atoms with Crippen LogP contribution in [0.25, 0.3) is 0 Å². The number of hydrogen-bond donors (Lipinski definition) is 1. The molecule has 0 bridgehead atoms. The van der Waals surface area contributed by atoms with Crippen molar-refractivity contribution < 1.29 is 0 Å². The lowest BCUT2D eigenvalue weighted by Crippen LogP contribution is -2.39. The second kappa shape index (κ2) is 5.61. The van der Waals surface area contributed by atoms with Crippen LogP contribution in [0.5, 0.6) is 0 Å². The van der Waals surface area contributed by atoms with E-state index in [0.717, 1.165) is 12.6 Å². The van der Waals surface area contributed by atoms with Crippen molar-refractivity contribution in [2.75, 3.05) is 13.1 Å². The third-order valence-electron chi connectivity index (χ3n) is 3.10. The quantitative estimate of drug-likeness (QED) is 0.708. The molecular formula is C11H24N2. The molecule has 1 rings (SSSR count). The van der Waals surface area contributed by atoms with E-state index in [4.69, 9.17) is 5.73 Å². The molecule has 2 atom stereocenters. The van der Waals surface area contributed by atoms with Gasteiger partial charge in [0.2, 0.25) is 0 Å². The van der Waals surface area contributed by atoms with Crippen molar-refractivity contribution >= 4 is 0 Å². The molecule has 0 aromatic carbocycles. The Morgan fingerprint density at radius 3 is 2.85 bits per heavy atom. The van der Waals surface area contributed by atoms with E-state index in [9.17, 15) is 0 Å². The van der Waals surface area contributed by atoms with Gasteiger partial charge in [-0.1, -0.05) is 20.3 Å². The average molecular weight is 184 g/mol. The van der Waals surface area contributed by atoms with Crippen molar-refractivity contribution in [3.05, 3.63) is 0 Å². The van der Waals surface area contributed by atoms with E-state index in [2.05, 4.69) is 18.7 Å². The molecule has 1 heterocycles. The zero-order chi connectivity index (χ0) is 9.68. The molecule has 0 radical (unpaired) electrons. The summed E-state index contributed by atoms with van der Waals surface area (Å²) >= 11 is 0. The molecule has 0 aliphatic carbocycles. The van der Waals surface area contributed by atoms with E-state index < -0.39 is 0 Å². The van der Waals surface area contributed by atoms with E-state index >= 15 is 0 Å². The van der Waals surface area contributed by atoms with Crippen LogP contribution >= 0.6 is 0 Å². The van der Waals surface area contributed by atoms with Crippen LogP contribution in [-0.4, -0.2) is 30.1 Å². The zero-order valence-electron chi connectivity index (χ0n) is 9.13. The molecule has 78 valence electrons. The number of likely N-dealkylation sites (tertiary alicyclic amines) is 1. The average Bonchev–Trinajstić information content (AvgIpc) is 2.52. The van der Waals surface area contributed by atoms with Gasteiger partial charge in [-0.2, -0.15) is 0 Å². The van der Waals surface area contributed by atoms with Crippen molar-refractivity contribution in [3.8, 4) is 0 Å². The van der Waals surface area contributed by atoms with Gasteiger partial charge in [0.1, 0.15) is 0 Å². The molecule has 2 N–H and O–H groups in total. The maximum absolute atomic E-state index is 6.04. The normalized spacial score (nSPS) is 26.5. The van der Waals surface area contributed by atoms with Crippen molar-refractivity contribution in [2.45, 2.75) is 58.0 Å². The third-order valence-corrected chi connectivity index (χ3v) is 3.10. The highest BCUT2D eigenvalue weighted by atomic mass is 15.2. The predicted octanol–water partition coefficient (Wildman–Crippen LogP) is 1.99. The summed E-state index contributed by atoms with van der Waals surface area (Å²) in [5.74, 6) is 0. The lowest BCUT2D eigenvalue weighted by atomic mass is 10.1. The molecule has 0 saturated carbocycles. The van der Waals surface area contributed by atoms with Crippen LogP contribution in [0, 0.1) is 0 Å².